The number of hydrogen-bond acceptors (Lipinski definition) is 6. The minimum absolute atomic E-state index is 0.0792. The summed E-state index contributed by atoms with van der Waals surface area (Å²) in [6.07, 6.45) is 0.750. The Morgan fingerprint density at radius 1 is 1.23 bits per heavy atom. The average Bonchev–Trinajstić information content (AvgIpc) is 3.01. The Morgan fingerprint density at radius 3 is 2.73 bits per heavy atom. The van der Waals surface area contributed by atoms with Crippen molar-refractivity contribution in [3.8, 4) is 22.8 Å². The Balaban J connectivity index is 2.26. The summed E-state index contributed by atoms with van der Waals surface area (Å²) in [5.74, 6) is 0.488. The highest BCUT2D eigenvalue weighted by Gasteiger charge is 2.17. The summed E-state index contributed by atoms with van der Waals surface area (Å²) in [6.45, 7) is 1.09. The first-order valence-electron chi connectivity index (χ1n) is 6.68. The fourth-order valence-electron chi connectivity index (χ4n) is 1.93. The number of rotatable bonds is 8. The van der Waals surface area contributed by atoms with E-state index >= 15 is 0 Å². The highest BCUT2D eigenvalue weighted by Crippen LogP contribution is 2.32. The van der Waals surface area contributed by atoms with Crippen molar-refractivity contribution in [2.24, 2.45) is 5.73 Å². The molecule has 118 valence electrons. The van der Waals surface area contributed by atoms with Gasteiger partial charge in [-0.1, -0.05) is 0 Å². The van der Waals surface area contributed by atoms with Crippen LogP contribution in [0.15, 0.2) is 18.2 Å². The van der Waals surface area contributed by atoms with Crippen LogP contribution in [0, 0.1) is 0 Å². The molecule has 0 aliphatic heterocycles. The highest BCUT2D eigenvalue weighted by atomic mass is 16.5. The van der Waals surface area contributed by atoms with Crippen LogP contribution < -0.4 is 15.2 Å². The predicted molar refractivity (Wildman–Crippen MR) is 78.9 cm³/mol. The Morgan fingerprint density at radius 2 is 2.05 bits per heavy atom. The van der Waals surface area contributed by atoms with Crippen LogP contribution in [0.1, 0.15) is 16.9 Å². The van der Waals surface area contributed by atoms with E-state index in [4.69, 9.17) is 19.9 Å². The summed E-state index contributed by atoms with van der Waals surface area (Å²) in [5.41, 5.74) is 6.38. The normalized spacial score (nSPS) is 10.5. The number of primary amides is 1. The van der Waals surface area contributed by atoms with E-state index in [2.05, 4.69) is 15.4 Å². The first kappa shape index (κ1) is 15.8. The molecule has 0 saturated heterocycles. The lowest BCUT2D eigenvalue weighted by Crippen LogP contribution is -2.12. The standard InChI is InChI=1S/C14H18N4O4/c1-20-6-3-7-22-11-8-9(4-5-10(11)21-2)12-13(14(15)19)17-18-16-12/h4-5,8H,3,6-7H2,1-2H3,(H2,15,19)(H,16,17,18). The van der Waals surface area contributed by atoms with Gasteiger partial charge in [0.05, 0.1) is 13.7 Å². The average molecular weight is 306 g/mol. The molecule has 0 atom stereocenters. The van der Waals surface area contributed by atoms with Crippen molar-refractivity contribution in [1.82, 2.24) is 15.4 Å². The number of methoxy groups -OCH3 is 2. The third-order valence-electron chi connectivity index (χ3n) is 2.97. The van der Waals surface area contributed by atoms with Crippen LogP contribution in [0.25, 0.3) is 11.3 Å². The van der Waals surface area contributed by atoms with E-state index < -0.39 is 5.91 Å². The number of benzene rings is 1. The molecule has 1 aromatic heterocycles. The van der Waals surface area contributed by atoms with Crippen LogP contribution in [-0.4, -0.2) is 48.8 Å². The summed E-state index contributed by atoms with van der Waals surface area (Å²) in [5, 5.41) is 10.1. The number of aromatic nitrogens is 3. The molecule has 0 aliphatic carbocycles. The van der Waals surface area contributed by atoms with Crippen molar-refractivity contribution in [2.45, 2.75) is 6.42 Å². The van der Waals surface area contributed by atoms with Crippen molar-refractivity contribution in [1.29, 1.82) is 0 Å². The van der Waals surface area contributed by atoms with Gasteiger partial charge in [0.15, 0.2) is 17.2 Å². The SMILES string of the molecule is COCCCOc1cc(-c2n[nH]nc2C(N)=O)ccc1OC. The third kappa shape index (κ3) is 3.53. The number of nitrogens with zero attached hydrogens (tertiary/aromatic N) is 2. The van der Waals surface area contributed by atoms with E-state index in [1.807, 2.05) is 0 Å². The number of nitrogens with two attached hydrogens (primary N) is 1. The van der Waals surface area contributed by atoms with Crippen LogP contribution >= 0.6 is 0 Å². The molecule has 1 amide bonds. The van der Waals surface area contributed by atoms with E-state index in [0.717, 1.165) is 6.42 Å². The molecule has 2 aromatic rings. The molecule has 0 aliphatic rings. The van der Waals surface area contributed by atoms with Gasteiger partial charge in [-0.3, -0.25) is 4.79 Å². The molecule has 22 heavy (non-hydrogen) atoms. The quantitative estimate of drug-likeness (QED) is 0.703. The zero-order chi connectivity index (χ0) is 15.9. The molecule has 3 N–H and O–H groups in total. The number of H-pyrrole nitrogens is 1. The molecule has 0 saturated carbocycles. The number of amides is 1. The minimum Gasteiger partial charge on any atom is -0.493 e. The molecule has 0 spiro atoms. The second kappa shape index (κ2) is 7.41. The smallest absolute Gasteiger partial charge is 0.271 e. The number of ether oxygens (including phenoxy) is 3. The van der Waals surface area contributed by atoms with E-state index in [1.54, 1.807) is 32.4 Å². The maximum atomic E-state index is 11.3. The molecule has 0 unspecified atom stereocenters. The highest BCUT2D eigenvalue weighted by molar-refractivity contribution is 5.96. The summed E-state index contributed by atoms with van der Waals surface area (Å²) < 4.78 is 15.9. The van der Waals surface area contributed by atoms with Gasteiger partial charge in [0.1, 0.15) is 5.69 Å². The summed E-state index contributed by atoms with van der Waals surface area (Å²) in [6, 6.07) is 5.22. The van der Waals surface area contributed by atoms with E-state index in [1.165, 1.54) is 0 Å². The molecule has 0 bridgehead atoms. The van der Waals surface area contributed by atoms with Crippen LogP contribution in [0.3, 0.4) is 0 Å². The van der Waals surface area contributed by atoms with Crippen LogP contribution in [0.2, 0.25) is 0 Å². The van der Waals surface area contributed by atoms with Crippen molar-refractivity contribution < 1.29 is 19.0 Å². The lowest BCUT2D eigenvalue weighted by atomic mass is 10.1. The first-order valence-corrected chi connectivity index (χ1v) is 6.68. The molecule has 8 heteroatoms. The third-order valence-corrected chi connectivity index (χ3v) is 2.97. The van der Waals surface area contributed by atoms with Gasteiger partial charge >= 0.3 is 0 Å². The minimum atomic E-state index is -0.651. The Bertz CT molecular complexity index is 642. The Hall–Kier alpha value is -2.61. The fraction of sp³-hybridized carbons (Fsp3) is 0.357. The lowest BCUT2D eigenvalue weighted by molar-refractivity contribution is 0.0996. The number of carbonyl (C=O) groups is 1. The topological polar surface area (TPSA) is 112 Å². The fourth-order valence-corrected chi connectivity index (χ4v) is 1.93. The van der Waals surface area contributed by atoms with Gasteiger partial charge in [0.25, 0.3) is 5.91 Å². The maximum absolute atomic E-state index is 11.3. The number of carbonyl (C=O) groups excluding carboxylic acids is 1. The second-order valence-corrected chi connectivity index (χ2v) is 4.45. The summed E-state index contributed by atoms with van der Waals surface area (Å²) in [7, 11) is 3.19. The second-order valence-electron chi connectivity index (χ2n) is 4.45. The van der Waals surface area contributed by atoms with Crippen LogP contribution in [0.4, 0.5) is 0 Å². The number of hydrogen-bond donors (Lipinski definition) is 2. The molecule has 0 fully saturated rings. The summed E-state index contributed by atoms with van der Waals surface area (Å²) >= 11 is 0. The monoisotopic (exact) mass is 306 g/mol. The van der Waals surface area contributed by atoms with Crippen LogP contribution in [0.5, 0.6) is 11.5 Å². The Labute approximate surface area is 127 Å². The molecule has 2 rings (SSSR count). The van der Waals surface area contributed by atoms with Gasteiger partial charge in [-0.15, -0.1) is 0 Å². The van der Waals surface area contributed by atoms with Gasteiger partial charge in [-0.25, -0.2) is 0 Å². The van der Waals surface area contributed by atoms with E-state index in [9.17, 15) is 4.79 Å². The van der Waals surface area contributed by atoms with Crippen molar-refractivity contribution >= 4 is 5.91 Å². The van der Waals surface area contributed by atoms with Gasteiger partial charge in [-0.05, 0) is 18.2 Å². The van der Waals surface area contributed by atoms with E-state index in [-0.39, 0.29) is 5.69 Å². The molecule has 1 heterocycles. The Kier molecular flexibility index (Phi) is 5.31. The molecule has 1 aromatic carbocycles. The van der Waals surface area contributed by atoms with Gasteiger partial charge in [-0.2, -0.15) is 15.4 Å². The molecular formula is C14H18N4O4. The largest absolute Gasteiger partial charge is 0.493 e. The predicted octanol–water partition coefficient (Wildman–Crippen LogP) is 0.994. The van der Waals surface area contributed by atoms with Crippen molar-refractivity contribution in [3.63, 3.8) is 0 Å². The summed E-state index contributed by atoms with van der Waals surface area (Å²) in [4.78, 5) is 11.3. The van der Waals surface area contributed by atoms with Crippen LogP contribution in [-0.2, 0) is 4.74 Å². The zero-order valence-electron chi connectivity index (χ0n) is 12.5. The van der Waals surface area contributed by atoms with E-state index in [0.29, 0.717) is 36.0 Å². The number of aromatic amines is 1. The van der Waals surface area contributed by atoms with Gasteiger partial charge in [0, 0.05) is 25.7 Å². The first-order chi connectivity index (χ1) is 10.7. The molecular weight excluding hydrogens is 288 g/mol. The van der Waals surface area contributed by atoms with Crippen molar-refractivity contribution in [2.75, 3.05) is 27.4 Å². The van der Waals surface area contributed by atoms with Gasteiger partial charge in [0.2, 0.25) is 0 Å². The maximum Gasteiger partial charge on any atom is 0.271 e. The number of nitrogens with one attached hydrogen (secondary N) is 1. The van der Waals surface area contributed by atoms with Crippen molar-refractivity contribution in [3.05, 3.63) is 23.9 Å². The zero-order valence-corrected chi connectivity index (χ0v) is 12.5. The van der Waals surface area contributed by atoms with Gasteiger partial charge < -0.3 is 19.9 Å². The molecule has 0 radical (unpaired) electrons. The molecule has 8 nitrogen and oxygen atoms in total. The lowest BCUT2D eigenvalue weighted by Gasteiger charge is -2.11.